The van der Waals surface area contributed by atoms with E-state index in [1.165, 1.54) is 0 Å². The molecular formula is C21H22ClN7. The summed E-state index contributed by atoms with van der Waals surface area (Å²) in [6.07, 6.45) is 5.33. The molecule has 2 aromatic heterocycles. The summed E-state index contributed by atoms with van der Waals surface area (Å²) in [6.45, 7) is 6.70. The van der Waals surface area contributed by atoms with E-state index in [1.807, 2.05) is 6.20 Å². The van der Waals surface area contributed by atoms with Crippen molar-refractivity contribution in [1.29, 1.82) is 0 Å². The van der Waals surface area contributed by atoms with Gasteiger partial charge in [-0.3, -0.25) is 9.98 Å². The third-order valence-electron chi connectivity index (χ3n) is 5.57. The van der Waals surface area contributed by atoms with Gasteiger partial charge in [0.05, 0.1) is 23.0 Å². The van der Waals surface area contributed by atoms with Gasteiger partial charge in [0.25, 0.3) is 0 Å². The Morgan fingerprint density at radius 3 is 2.72 bits per heavy atom. The molecule has 0 saturated carbocycles. The van der Waals surface area contributed by atoms with Crippen molar-refractivity contribution in [2.45, 2.75) is 6.92 Å². The van der Waals surface area contributed by atoms with Crippen molar-refractivity contribution >= 4 is 34.7 Å². The predicted octanol–water partition coefficient (Wildman–Crippen LogP) is 2.83. The van der Waals surface area contributed by atoms with Crippen LogP contribution in [0.15, 0.2) is 52.0 Å². The zero-order chi connectivity index (χ0) is 20.0. The first-order valence-electron chi connectivity index (χ1n) is 9.74. The number of piperazine rings is 1. The fourth-order valence-electron chi connectivity index (χ4n) is 3.80. The van der Waals surface area contributed by atoms with E-state index in [0.29, 0.717) is 11.6 Å². The Balaban J connectivity index is 1.62. The average molecular weight is 408 g/mol. The smallest absolute Gasteiger partial charge is 0.152 e. The zero-order valence-electron chi connectivity index (χ0n) is 16.5. The van der Waals surface area contributed by atoms with E-state index in [4.69, 9.17) is 21.6 Å². The predicted molar refractivity (Wildman–Crippen MR) is 117 cm³/mol. The minimum atomic E-state index is 0.615. The number of aromatic nitrogens is 2. The Labute approximate surface area is 174 Å². The van der Waals surface area contributed by atoms with Gasteiger partial charge in [0.2, 0.25) is 0 Å². The molecule has 1 saturated heterocycles. The lowest BCUT2D eigenvalue weighted by atomic mass is 10.0. The van der Waals surface area contributed by atoms with Gasteiger partial charge in [-0.1, -0.05) is 11.6 Å². The molecule has 0 aliphatic carbocycles. The van der Waals surface area contributed by atoms with E-state index in [1.54, 1.807) is 18.5 Å². The van der Waals surface area contributed by atoms with Crippen molar-refractivity contribution in [2.75, 3.05) is 50.0 Å². The summed E-state index contributed by atoms with van der Waals surface area (Å²) in [7, 11) is 2.15. The molecule has 2 aromatic rings. The molecule has 1 fully saturated rings. The second-order valence-electron chi connectivity index (χ2n) is 7.61. The van der Waals surface area contributed by atoms with E-state index in [-0.39, 0.29) is 0 Å². The zero-order valence-corrected chi connectivity index (χ0v) is 17.2. The topological polar surface area (TPSA) is 69.0 Å². The van der Waals surface area contributed by atoms with Crippen LogP contribution in [0.2, 0.25) is 5.02 Å². The van der Waals surface area contributed by atoms with Crippen molar-refractivity contribution < 1.29 is 0 Å². The third kappa shape index (κ3) is 3.30. The summed E-state index contributed by atoms with van der Waals surface area (Å²) in [5, 5.41) is 4.11. The van der Waals surface area contributed by atoms with E-state index in [9.17, 15) is 0 Å². The van der Waals surface area contributed by atoms with Gasteiger partial charge in [0, 0.05) is 62.0 Å². The summed E-state index contributed by atoms with van der Waals surface area (Å²) in [5.41, 5.74) is 5.40. The van der Waals surface area contributed by atoms with Crippen LogP contribution < -0.4 is 10.2 Å². The van der Waals surface area contributed by atoms with E-state index >= 15 is 0 Å². The molecule has 0 unspecified atom stereocenters. The minimum absolute atomic E-state index is 0.615. The average Bonchev–Trinajstić information content (AvgIpc) is 2.98. The first-order chi connectivity index (χ1) is 14.1. The van der Waals surface area contributed by atoms with Crippen LogP contribution in [0.3, 0.4) is 0 Å². The van der Waals surface area contributed by atoms with E-state index < -0.39 is 0 Å². The molecule has 0 aromatic carbocycles. The maximum absolute atomic E-state index is 6.50. The van der Waals surface area contributed by atoms with Crippen LogP contribution in [0.1, 0.15) is 18.1 Å². The number of amidine groups is 1. The minimum Gasteiger partial charge on any atom is -0.354 e. The molecule has 0 amide bonds. The summed E-state index contributed by atoms with van der Waals surface area (Å²) < 4.78 is 0. The number of hydrogen-bond acceptors (Lipinski definition) is 7. The standard InChI is InChI=1S/C21H22ClN7/c1-13-10-25-21-19(13)27-20(14-11-23-4-3-16(14)22)15-12-24-18(9-17(15)26-21)29-7-5-28(2)6-8-29/h3-4,9,11-12H,5-8,10H2,1-2H3,(H,25,26). The first kappa shape index (κ1) is 18.3. The Kier molecular flexibility index (Phi) is 4.56. The molecular weight excluding hydrogens is 386 g/mol. The Morgan fingerprint density at radius 2 is 1.93 bits per heavy atom. The van der Waals surface area contributed by atoms with Gasteiger partial charge in [-0.05, 0) is 25.6 Å². The Morgan fingerprint density at radius 1 is 1.10 bits per heavy atom. The van der Waals surface area contributed by atoms with Gasteiger partial charge in [-0.15, -0.1) is 0 Å². The molecule has 0 bridgehead atoms. The van der Waals surface area contributed by atoms with Crippen LogP contribution in [0, 0.1) is 0 Å². The maximum Gasteiger partial charge on any atom is 0.152 e. The van der Waals surface area contributed by atoms with Gasteiger partial charge in [0.1, 0.15) is 11.5 Å². The van der Waals surface area contributed by atoms with Crippen molar-refractivity contribution in [1.82, 2.24) is 14.9 Å². The number of nitrogens with zero attached hydrogens (tertiary/aromatic N) is 6. The SMILES string of the molecule is CC1=C2N=C(c3cnccc3Cl)c3cnc(N4CCN(C)CC4)cc3NC2=NC1. The van der Waals surface area contributed by atoms with Crippen LogP contribution in [-0.4, -0.2) is 66.2 Å². The molecule has 29 heavy (non-hydrogen) atoms. The quantitative estimate of drug-likeness (QED) is 0.829. The van der Waals surface area contributed by atoms with Gasteiger partial charge in [-0.25, -0.2) is 9.98 Å². The number of halogens is 1. The van der Waals surface area contributed by atoms with Gasteiger partial charge in [0.15, 0.2) is 5.84 Å². The largest absolute Gasteiger partial charge is 0.354 e. The highest BCUT2D eigenvalue weighted by atomic mass is 35.5. The molecule has 8 heteroatoms. The maximum atomic E-state index is 6.50. The lowest BCUT2D eigenvalue weighted by molar-refractivity contribution is 0.312. The summed E-state index contributed by atoms with van der Waals surface area (Å²) in [6, 6.07) is 3.88. The van der Waals surface area contributed by atoms with Gasteiger partial charge >= 0.3 is 0 Å². The lowest BCUT2D eigenvalue weighted by Gasteiger charge is -2.33. The first-order valence-corrected chi connectivity index (χ1v) is 10.1. The highest BCUT2D eigenvalue weighted by Gasteiger charge is 2.27. The number of fused-ring (bicyclic) bond motifs is 2. The normalized spacial score (nSPS) is 19.2. The number of aliphatic imine (C=N–C) groups is 2. The molecule has 0 atom stereocenters. The molecule has 5 heterocycles. The number of rotatable bonds is 2. The molecule has 5 rings (SSSR count). The highest BCUT2D eigenvalue weighted by Crippen LogP contribution is 2.32. The molecule has 0 spiro atoms. The van der Waals surface area contributed by atoms with Crippen LogP contribution in [0.5, 0.6) is 0 Å². The number of anilines is 2. The number of pyridine rings is 2. The van der Waals surface area contributed by atoms with Crippen molar-refractivity contribution in [3.63, 3.8) is 0 Å². The molecule has 148 valence electrons. The molecule has 3 aliphatic heterocycles. The van der Waals surface area contributed by atoms with Crippen LogP contribution in [0.4, 0.5) is 11.5 Å². The third-order valence-corrected chi connectivity index (χ3v) is 5.90. The van der Waals surface area contributed by atoms with Crippen molar-refractivity contribution in [2.24, 2.45) is 9.98 Å². The lowest BCUT2D eigenvalue weighted by Crippen LogP contribution is -2.44. The number of nitrogens with one attached hydrogen (secondary N) is 1. The summed E-state index contributed by atoms with van der Waals surface area (Å²) in [5.74, 6) is 1.76. The van der Waals surface area contributed by atoms with Crippen LogP contribution in [-0.2, 0) is 0 Å². The monoisotopic (exact) mass is 407 g/mol. The van der Waals surface area contributed by atoms with Gasteiger partial charge in [-0.2, -0.15) is 0 Å². The summed E-state index contributed by atoms with van der Waals surface area (Å²) in [4.78, 5) is 23.3. The van der Waals surface area contributed by atoms with E-state index in [0.717, 1.165) is 71.6 Å². The Hall–Kier alpha value is -2.77. The highest BCUT2D eigenvalue weighted by molar-refractivity contribution is 6.36. The molecule has 1 N–H and O–H groups in total. The fourth-order valence-corrected chi connectivity index (χ4v) is 3.99. The molecule has 0 radical (unpaired) electrons. The molecule has 7 nitrogen and oxygen atoms in total. The van der Waals surface area contributed by atoms with Gasteiger partial charge < -0.3 is 15.1 Å². The molecule has 3 aliphatic rings. The van der Waals surface area contributed by atoms with E-state index in [2.05, 4.69) is 45.1 Å². The number of likely N-dealkylation sites (N-methyl/N-ethyl adjacent to an activating group) is 1. The second kappa shape index (κ2) is 7.24. The van der Waals surface area contributed by atoms with Crippen molar-refractivity contribution in [3.05, 3.63) is 58.1 Å². The van der Waals surface area contributed by atoms with Crippen LogP contribution in [0.25, 0.3) is 0 Å². The summed E-state index contributed by atoms with van der Waals surface area (Å²) >= 11 is 6.50. The number of hydrogen-bond donors (Lipinski definition) is 1. The van der Waals surface area contributed by atoms with Crippen molar-refractivity contribution in [3.8, 4) is 0 Å². The van der Waals surface area contributed by atoms with Crippen LogP contribution >= 0.6 is 11.6 Å². The Bertz CT molecular complexity index is 1060. The fraction of sp³-hybridized carbons (Fsp3) is 0.333. The second-order valence-corrected chi connectivity index (χ2v) is 8.02.